The van der Waals surface area contributed by atoms with E-state index in [-0.39, 0.29) is 6.04 Å². The fourth-order valence-electron chi connectivity index (χ4n) is 4.26. The van der Waals surface area contributed by atoms with Crippen molar-refractivity contribution in [3.05, 3.63) is 53.6 Å². The lowest BCUT2D eigenvalue weighted by molar-refractivity contribution is 0.158. The van der Waals surface area contributed by atoms with Gasteiger partial charge in [0.2, 0.25) is 0 Å². The predicted molar refractivity (Wildman–Crippen MR) is 111 cm³/mol. The molecule has 1 unspecified atom stereocenters. The molecule has 28 heavy (non-hydrogen) atoms. The maximum Gasteiger partial charge on any atom is 0.125 e. The molecule has 0 bridgehead atoms. The summed E-state index contributed by atoms with van der Waals surface area (Å²) in [6, 6.07) is 10.4. The maximum atomic E-state index is 5.75. The molecule has 1 aliphatic rings. The van der Waals surface area contributed by atoms with Crippen molar-refractivity contribution < 1.29 is 4.74 Å². The minimum atomic E-state index is 0.282. The molecular formula is C22H29N5O. The van der Waals surface area contributed by atoms with Crippen LogP contribution in [0.2, 0.25) is 0 Å². The molecule has 6 heteroatoms. The summed E-state index contributed by atoms with van der Waals surface area (Å²) in [5, 5.41) is 0. The summed E-state index contributed by atoms with van der Waals surface area (Å²) in [5.41, 5.74) is 10.3. The largest absolute Gasteiger partial charge is 0.496 e. The fourth-order valence-corrected chi connectivity index (χ4v) is 4.26. The first-order chi connectivity index (χ1) is 13.8. The van der Waals surface area contributed by atoms with Crippen molar-refractivity contribution in [2.75, 3.05) is 20.2 Å². The molecular weight excluding hydrogens is 350 g/mol. The van der Waals surface area contributed by atoms with Gasteiger partial charge in [-0.1, -0.05) is 12.1 Å². The van der Waals surface area contributed by atoms with E-state index < -0.39 is 0 Å². The van der Waals surface area contributed by atoms with Gasteiger partial charge in [-0.3, -0.25) is 9.88 Å². The van der Waals surface area contributed by atoms with Gasteiger partial charge in [0.1, 0.15) is 11.6 Å². The first kappa shape index (κ1) is 18.9. The van der Waals surface area contributed by atoms with E-state index in [9.17, 15) is 0 Å². The lowest BCUT2D eigenvalue weighted by atomic mass is 9.90. The number of para-hydroxylation sites is 2. The molecule has 0 aliphatic heterocycles. The van der Waals surface area contributed by atoms with Crippen LogP contribution in [0.5, 0.6) is 5.75 Å². The molecule has 2 aromatic heterocycles. The van der Waals surface area contributed by atoms with E-state index in [1.807, 2.05) is 24.4 Å². The Bertz CT molecular complexity index is 889. The lowest BCUT2D eigenvalue weighted by Gasteiger charge is -2.35. The number of nitrogens with zero attached hydrogens (tertiary/aromatic N) is 3. The molecule has 0 spiro atoms. The quantitative estimate of drug-likeness (QED) is 0.585. The number of aromatic nitrogens is 3. The number of imidazole rings is 1. The van der Waals surface area contributed by atoms with Crippen LogP contribution in [0.25, 0.3) is 11.0 Å². The zero-order valence-electron chi connectivity index (χ0n) is 16.5. The van der Waals surface area contributed by atoms with Crippen LogP contribution >= 0.6 is 0 Å². The molecule has 1 aliphatic carbocycles. The molecule has 1 atom stereocenters. The summed E-state index contributed by atoms with van der Waals surface area (Å²) in [7, 11) is 1.74. The number of nitrogens with two attached hydrogens (primary N) is 1. The number of methoxy groups -OCH3 is 1. The van der Waals surface area contributed by atoms with Crippen molar-refractivity contribution in [2.45, 2.75) is 44.7 Å². The van der Waals surface area contributed by atoms with E-state index >= 15 is 0 Å². The Labute approximate surface area is 166 Å². The van der Waals surface area contributed by atoms with Gasteiger partial charge >= 0.3 is 0 Å². The number of aromatic amines is 1. The number of ether oxygens (including phenoxy) is 1. The van der Waals surface area contributed by atoms with Crippen LogP contribution in [0.3, 0.4) is 0 Å². The van der Waals surface area contributed by atoms with Crippen molar-refractivity contribution in [3.63, 3.8) is 0 Å². The number of H-pyrrole nitrogens is 1. The standard InChI is InChI=1S/C22H29N5O/c1-28-20-11-13-24-22-16(20)7-6-10-19(22)27(14-5-4-12-23)15-21-25-17-8-2-3-9-18(17)26-21/h2-3,8-9,11,13,19H,4-7,10,12,14-15,23H2,1H3,(H,25,26). The number of pyridine rings is 1. The van der Waals surface area contributed by atoms with Crippen molar-refractivity contribution in [3.8, 4) is 5.75 Å². The normalized spacial score (nSPS) is 16.5. The monoisotopic (exact) mass is 379 g/mol. The highest BCUT2D eigenvalue weighted by Gasteiger charge is 2.29. The third kappa shape index (κ3) is 3.88. The van der Waals surface area contributed by atoms with E-state index in [2.05, 4.69) is 22.0 Å². The number of hydrogen-bond acceptors (Lipinski definition) is 5. The molecule has 4 rings (SSSR count). The predicted octanol–water partition coefficient (Wildman–Crippen LogP) is 3.59. The number of unbranched alkanes of at least 4 members (excludes halogenated alkanes) is 1. The Morgan fingerprint density at radius 2 is 2.14 bits per heavy atom. The molecule has 3 N–H and O–H groups in total. The summed E-state index contributed by atoms with van der Waals surface area (Å²) in [4.78, 5) is 15.6. The van der Waals surface area contributed by atoms with Crippen molar-refractivity contribution in [1.29, 1.82) is 0 Å². The van der Waals surface area contributed by atoms with Gasteiger partial charge in [-0.25, -0.2) is 4.98 Å². The molecule has 3 aromatic rings. The second-order valence-corrected chi connectivity index (χ2v) is 7.45. The topological polar surface area (TPSA) is 80.1 Å². The highest BCUT2D eigenvalue weighted by molar-refractivity contribution is 5.74. The lowest BCUT2D eigenvalue weighted by Crippen LogP contribution is -2.33. The first-order valence-electron chi connectivity index (χ1n) is 10.2. The van der Waals surface area contributed by atoms with Gasteiger partial charge < -0.3 is 15.5 Å². The van der Waals surface area contributed by atoms with Gasteiger partial charge in [0.15, 0.2) is 0 Å². The van der Waals surface area contributed by atoms with Crippen molar-refractivity contribution in [2.24, 2.45) is 5.73 Å². The Morgan fingerprint density at radius 3 is 2.96 bits per heavy atom. The summed E-state index contributed by atoms with van der Waals surface area (Å²) in [6.45, 7) is 2.49. The molecule has 2 heterocycles. The Morgan fingerprint density at radius 1 is 1.25 bits per heavy atom. The smallest absolute Gasteiger partial charge is 0.125 e. The average molecular weight is 380 g/mol. The van der Waals surface area contributed by atoms with Gasteiger partial charge in [0.25, 0.3) is 0 Å². The van der Waals surface area contributed by atoms with Crippen molar-refractivity contribution in [1.82, 2.24) is 19.9 Å². The van der Waals surface area contributed by atoms with Crippen LogP contribution in [0.15, 0.2) is 36.5 Å². The van der Waals surface area contributed by atoms with Crippen LogP contribution in [-0.4, -0.2) is 40.1 Å². The molecule has 0 saturated carbocycles. The number of benzene rings is 1. The second kappa shape index (κ2) is 8.71. The zero-order chi connectivity index (χ0) is 19.3. The summed E-state index contributed by atoms with van der Waals surface area (Å²) in [6.07, 6.45) is 7.26. The van der Waals surface area contributed by atoms with E-state index in [0.717, 1.165) is 80.0 Å². The van der Waals surface area contributed by atoms with E-state index in [1.54, 1.807) is 7.11 Å². The number of hydrogen-bond donors (Lipinski definition) is 2. The van der Waals surface area contributed by atoms with Gasteiger partial charge in [0, 0.05) is 11.8 Å². The molecule has 6 nitrogen and oxygen atoms in total. The van der Waals surface area contributed by atoms with Crippen LogP contribution < -0.4 is 10.5 Å². The fraction of sp³-hybridized carbons (Fsp3) is 0.455. The van der Waals surface area contributed by atoms with Gasteiger partial charge in [-0.15, -0.1) is 0 Å². The third-order valence-electron chi connectivity index (χ3n) is 5.62. The molecule has 0 saturated heterocycles. The third-order valence-corrected chi connectivity index (χ3v) is 5.62. The zero-order valence-corrected chi connectivity index (χ0v) is 16.5. The van der Waals surface area contributed by atoms with E-state index in [1.165, 1.54) is 5.56 Å². The molecule has 0 fully saturated rings. The van der Waals surface area contributed by atoms with E-state index in [0.29, 0.717) is 0 Å². The number of rotatable bonds is 8. The molecule has 0 radical (unpaired) electrons. The maximum absolute atomic E-state index is 5.75. The van der Waals surface area contributed by atoms with Gasteiger partial charge in [0.05, 0.1) is 36.4 Å². The SMILES string of the molecule is COc1ccnc2c1CCCC2N(CCCCN)Cc1nc2ccccc2[nH]1. The Balaban J connectivity index is 1.63. The van der Waals surface area contributed by atoms with Gasteiger partial charge in [-0.05, 0) is 63.4 Å². The second-order valence-electron chi connectivity index (χ2n) is 7.45. The summed E-state index contributed by atoms with van der Waals surface area (Å²) < 4.78 is 5.60. The van der Waals surface area contributed by atoms with Crippen LogP contribution in [-0.2, 0) is 13.0 Å². The highest BCUT2D eigenvalue weighted by Crippen LogP contribution is 2.37. The average Bonchev–Trinajstić information content (AvgIpc) is 3.15. The van der Waals surface area contributed by atoms with E-state index in [4.69, 9.17) is 20.4 Å². The summed E-state index contributed by atoms with van der Waals surface area (Å²) >= 11 is 0. The minimum Gasteiger partial charge on any atom is -0.496 e. The van der Waals surface area contributed by atoms with Crippen LogP contribution in [0.1, 0.15) is 48.8 Å². The number of fused-ring (bicyclic) bond motifs is 2. The van der Waals surface area contributed by atoms with Gasteiger partial charge in [-0.2, -0.15) is 0 Å². The van der Waals surface area contributed by atoms with Crippen molar-refractivity contribution >= 4 is 11.0 Å². The highest BCUT2D eigenvalue weighted by atomic mass is 16.5. The summed E-state index contributed by atoms with van der Waals surface area (Å²) in [5.74, 6) is 1.96. The Kier molecular flexibility index (Phi) is 5.88. The first-order valence-corrected chi connectivity index (χ1v) is 10.2. The molecule has 1 aromatic carbocycles. The Hall–Kier alpha value is -2.44. The van der Waals surface area contributed by atoms with Crippen LogP contribution in [0.4, 0.5) is 0 Å². The number of nitrogens with one attached hydrogen (secondary N) is 1. The van der Waals surface area contributed by atoms with Crippen LogP contribution in [0, 0.1) is 0 Å². The molecule has 148 valence electrons. The minimum absolute atomic E-state index is 0.282. The molecule has 0 amide bonds.